The Morgan fingerprint density at radius 2 is 2.09 bits per heavy atom. The predicted molar refractivity (Wildman–Crippen MR) is 81.2 cm³/mol. The molecule has 1 N–H and O–H groups in total. The SMILES string of the molecule is C[C@@H]1Oc2ccccc2N(CC(=O)N2CC[C@H](C(=O)O)C2)C1=O. The van der Waals surface area contributed by atoms with Crippen LogP contribution in [-0.2, 0) is 14.4 Å². The molecule has 0 saturated carbocycles. The molecule has 3 rings (SSSR count). The maximum absolute atomic E-state index is 12.4. The third-order valence-electron chi connectivity index (χ3n) is 4.26. The molecule has 122 valence electrons. The number of rotatable bonds is 3. The fourth-order valence-electron chi connectivity index (χ4n) is 2.95. The van der Waals surface area contributed by atoms with Gasteiger partial charge in [-0.2, -0.15) is 0 Å². The Morgan fingerprint density at radius 3 is 2.78 bits per heavy atom. The summed E-state index contributed by atoms with van der Waals surface area (Å²) in [6.45, 7) is 2.15. The number of nitrogens with zero attached hydrogens (tertiary/aromatic N) is 2. The number of amides is 2. The number of hydrogen-bond donors (Lipinski definition) is 1. The molecule has 0 aliphatic carbocycles. The van der Waals surface area contributed by atoms with Crippen LogP contribution in [0.1, 0.15) is 13.3 Å². The van der Waals surface area contributed by atoms with Crippen LogP contribution < -0.4 is 9.64 Å². The quantitative estimate of drug-likeness (QED) is 0.888. The number of aliphatic carboxylic acids is 1. The van der Waals surface area contributed by atoms with Crippen molar-refractivity contribution in [2.24, 2.45) is 5.92 Å². The maximum Gasteiger partial charge on any atom is 0.308 e. The smallest absolute Gasteiger partial charge is 0.308 e. The van der Waals surface area contributed by atoms with Crippen LogP contribution in [0.2, 0.25) is 0 Å². The summed E-state index contributed by atoms with van der Waals surface area (Å²) in [5, 5.41) is 9.02. The molecule has 0 unspecified atom stereocenters. The van der Waals surface area contributed by atoms with Crippen LogP contribution in [-0.4, -0.2) is 53.5 Å². The normalized spacial score (nSPS) is 23.4. The topological polar surface area (TPSA) is 87.2 Å². The van der Waals surface area contributed by atoms with Crippen LogP contribution in [0.4, 0.5) is 5.69 Å². The van der Waals surface area contributed by atoms with E-state index < -0.39 is 18.0 Å². The minimum absolute atomic E-state index is 0.101. The van der Waals surface area contributed by atoms with E-state index in [2.05, 4.69) is 0 Å². The van der Waals surface area contributed by atoms with Gasteiger partial charge in [0.2, 0.25) is 5.91 Å². The molecule has 2 aliphatic rings. The van der Waals surface area contributed by atoms with Crippen LogP contribution in [0.5, 0.6) is 5.75 Å². The lowest BCUT2D eigenvalue weighted by atomic mass is 10.1. The monoisotopic (exact) mass is 318 g/mol. The average Bonchev–Trinajstić information content (AvgIpc) is 3.02. The Bertz CT molecular complexity index is 660. The molecule has 1 aromatic carbocycles. The van der Waals surface area contributed by atoms with E-state index in [4.69, 9.17) is 9.84 Å². The summed E-state index contributed by atoms with van der Waals surface area (Å²) in [6, 6.07) is 7.07. The van der Waals surface area contributed by atoms with Gasteiger partial charge < -0.3 is 14.7 Å². The van der Waals surface area contributed by atoms with Crippen molar-refractivity contribution in [3.8, 4) is 5.75 Å². The summed E-state index contributed by atoms with van der Waals surface area (Å²) in [6.07, 6.45) is -0.200. The van der Waals surface area contributed by atoms with Crippen molar-refractivity contribution in [3.63, 3.8) is 0 Å². The summed E-state index contributed by atoms with van der Waals surface area (Å²) < 4.78 is 5.54. The Morgan fingerprint density at radius 1 is 1.35 bits per heavy atom. The van der Waals surface area contributed by atoms with E-state index in [-0.39, 0.29) is 24.9 Å². The van der Waals surface area contributed by atoms with E-state index >= 15 is 0 Å². The van der Waals surface area contributed by atoms with Gasteiger partial charge in [-0.3, -0.25) is 19.3 Å². The molecular weight excluding hydrogens is 300 g/mol. The predicted octanol–water partition coefficient (Wildman–Crippen LogP) is 0.734. The van der Waals surface area contributed by atoms with Crippen LogP contribution in [0, 0.1) is 5.92 Å². The highest BCUT2D eigenvalue weighted by Gasteiger charge is 2.36. The zero-order valence-electron chi connectivity index (χ0n) is 12.8. The zero-order valence-corrected chi connectivity index (χ0v) is 12.8. The van der Waals surface area contributed by atoms with E-state index in [1.54, 1.807) is 31.2 Å². The molecule has 0 bridgehead atoms. The van der Waals surface area contributed by atoms with Gasteiger partial charge in [-0.05, 0) is 25.5 Å². The first-order chi connectivity index (χ1) is 11.0. The molecule has 0 aromatic heterocycles. The van der Waals surface area contributed by atoms with Gasteiger partial charge >= 0.3 is 5.97 Å². The highest BCUT2D eigenvalue weighted by atomic mass is 16.5. The van der Waals surface area contributed by atoms with Crippen molar-refractivity contribution in [1.29, 1.82) is 0 Å². The van der Waals surface area contributed by atoms with Gasteiger partial charge in [0.1, 0.15) is 12.3 Å². The second kappa shape index (κ2) is 5.91. The number of carbonyl (C=O) groups is 3. The molecule has 0 radical (unpaired) electrons. The Balaban J connectivity index is 1.75. The second-order valence-electron chi connectivity index (χ2n) is 5.82. The molecule has 2 heterocycles. The van der Waals surface area contributed by atoms with E-state index in [0.717, 1.165) is 0 Å². The number of hydrogen-bond acceptors (Lipinski definition) is 4. The number of fused-ring (bicyclic) bond motifs is 1. The van der Waals surface area contributed by atoms with E-state index in [1.165, 1.54) is 9.80 Å². The molecular formula is C16H18N2O5. The third kappa shape index (κ3) is 2.86. The molecule has 0 spiro atoms. The lowest BCUT2D eigenvalue weighted by Crippen LogP contribution is -2.49. The number of carboxylic acid groups (broad SMARTS) is 1. The van der Waals surface area contributed by atoms with Gasteiger partial charge in [0.05, 0.1) is 11.6 Å². The molecule has 7 heteroatoms. The fourth-order valence-corrected chi connectivity index (χ4v) is 2.95. The number of likely N-dealkylation sites (tertiary alicyclic amines) is 1. The number of para-hydroxylation sites is 2. The lowest BCUT2D eigenvalue weighted by molar-refractivity contribution is -0.141. The van der Waals surface area contributed by atoms with Crippen molar-refractivity contribution < 1.29 is 24.2 Å². The summed E-state index contributed by atoms with van der Waals surface area (Å²) >= 11 is 0. The Kier molecular flexibility index (Phi) is 3.94. The molecule has 2 amide bonds. The molecule has 7 nitrogen and oxygen atoms in total. The first kappa shape index (κ1) is 15.3. The summed E-state index contributed by atoms with van der Waals surface area (Å²) in [7, 11) is 0. The van der Waals surface area contributed by atoms with Crippen LogP contribution in [0.15, 0.2) is 24.3 Å². The summed E-state index contributed by atoms with van der Waals surface area (Å²) in [4.78, 5) is 38.7. The van der Waals surface area contributed by atoms with Crippen molar-refractivity contribution >= 4 is 23.5 Å². The van der Waals surface area contributed by atoms with Crippen molar-refractivity contribution in [3.05, 3.63) is 24.3 Å². The van der Waals surface area contributed by atoms with Crippen molar-refractivity contribution in [2.45, 2.75) is 19.4 Å². The first-order valence-electron chi connectivity index (χ1n) is 7.55. The number of carbonyl (C=O) groups excluding carboxylic acids is 2. The Hall–Kier alpha value is -2.57. The highest BCUT2D eigenvalue weighted by molar-refractivity contribution is 6.03. The second-order valence-corrected chi connectivity index (χ2v) is 5.82. The summed E-state index contributed by atoms with van der Waals surface area (Å²) in [5.74, 6) is -1.36. The molecule has 1 saturated heterocycles. The van der Waals surface area contributed by atoms with Crippen LogP contribution in [0.25, 0.3) is 0 Å². The molecule has 2 atom stereocenters. The zero-order chi connectivity index (χ0) is 16.6. The van der Waals surface area contributed by atoms with E-state index in [1.807, 2.05) is 0 Å². The molecule has 2 aliphatic heterocycles. The minimum atomic E-state index is -0.887. The average molecular weight is 318 g/mol. The minimum Gasteiger partial charge on any atom is -0.481 e. The van der Waals surface area contributed by atoms with E-state index in [9.17, 15) is 14.4 Å². The van der Waals surface area contributed by atoms with E-state index in [0.29, 0.717) is 24.4 Å². The third-order valence-corrected chi connectivity index (χ3v) is 4.26. The van der Waals surface area contributed by atoms with Crippen LogP contribution >= 0.6 is 0 Å². The van der Waals surface area contributed by atoms with Gasteiger partial charge in [-0.25, -0.2) is 0 Å². The van der Waals surface area contributed by atoms with Crippen molar-refractivity contribution in [1.82, 2.24) is 4.90 Å². The van der Waals surface area contributed by atoms with Crippen molar-refractivity contribution in [2.75, 3.05) is 24.5 Å². The van der Waals surface area contributed by atoms with Gasteiger partial charge in [0, 0.05) is 13.1 Å². The first-order valence-corrected chi connectivity index (χ1v) is 7.55. The van der Waals surface area contributed by atoms with Gasteiger partial charge in [0.25, 0.3) is 5.91 Å². The largest absolute Gasteiger partial charge is 0.481 e. The number of benzene rings is 1. The number of carboxylic acids is 1. The van der Waals surface area contributed by atoms with Gasteiger partial charge in [0.15, 0.2) is 6.10 Å². The van der Waals surface area contributed by atoms with Gasteiger partial charge in [-0.1, -0.05) is 12.1 Å². The van der Waals surface area contributed by atoms with Crippen LogP contribution in [0.3, 0.4) is 0 Å². The lowest BCUT2D eigenvalue weighted by Gasteiger charge is -2.33. The highest BCUT2D eigenvalue weighted by Crippen LogP contribution is 2.33. The fraction of sp³-hybridized carbons (Fsp3) is 0.438. The summed E-state index contributed by atoms with van der Waals surface area (Å²) in [5.41, 5.74) is 0.568. The van der Waals surface area contributed by atoms with Gasteiger partial charge in [-0.15, -0.1) is 0 Å². The standard InChI is InChI=1S/C16H18N2O5/c1-10-15(20)18(12-4-2-3-5-13(12)23-10)9-14(19)17-7-6-11(8-17)16(21)22/h2-5,10-11H,6-9H2,1H3,(H,21,22)/t10-,11-/m0/s1. The molecule has 1 aromatic rings. The Labute approximate surface area is 133 Å². The maximum atomic E-state index is 12.4. The number of anilines is 1. The number of ether oxygens (including phenoxy) is 1. The molecule has 1 fully saturated rings. The molecule has 23 heavy (non-hydrogen) atoms.